The molecule has 0 fully saturated rings. The molecule has 3 heteroatoms. The third-order valence-electron chi connectivity index (χ3n) is 14.8. The van der Waals surface area contributed by atoms with Crippen LogP contribution in [-0.4, -0.2) is 13.7 Å². The van der Waals surface area contributed by atoms with E-state index in [0.29, 0.717) is 0 Å². The number of benzene rings is 9. The van der Waals surface area contributed by atoms with Gasteiger partial charge in [-0.15, -0.1) is 0 Å². The van der Waals surface area contributed by atoms with Crippen molar-refractivity contribution in [1.29, 1.82) is 0 Å². The highest BCUT2D eigenvalue weighted by atomic mass is 15.0. The Morgan fingerprint density at radius 3 is 1.27 bits per heavy atom. The van der Waals surface area contributed by atoms with E-state index in [0.717, 1.165) is 29.9 Å². The number of hydrogen-bond acceptors (Lipinski definition) is 0. The minimum atomic E-state index is -0.414. The molecule has 3 nitrogen and oxygen atoms in total. The monoisotopic (exact) mass is 813 g/mol. The Morgan fingerprint density at radius 2 is 0.703 bits per heavy atom. The van der Waals surface area contributed by atoms with E-state index in [1.54, 1.807) is 0 Å². The predicted octanol–water partition coefficient (Wildman–Crippen LogP) is 13.5. The first-order valence-corrected chi connectivity index (χ1v) is 22.6. The van der Waals surface area contributed by atoms with Crippen LogP contribution in [0.25, 0.3) is 106 Å². The van der Waals surface area contributed by atoms with Crippen LogP contribution in [0.15, 0.2) is 200 Å². The van der Waals surface area contributed by atoms with E-state index in [-0.39, 0.29) is 0 Å². The molecule has 0 radical (unpaired) electrons. The molecule has 0 amide bonds. The summed E-state index contributed by atoms with van der Waals surface area (Å²) in [4.78, 5) is 0. The van der Waals surface area contributed by atoms with Crippen molar-refractivity contribution in [3.63, 3.8) is 0 Å². The summed E-state index contributed by atoms with van der Waals surface area (Å²) in [5, 5.41) is 8.93. The van der Waals surface area contributed by atoms with Crippen LogP contribution in [0.5, 0.6) is 0 Å². The van der Waals surface area contributed by atoms with Gasteiger partial charge in [0, 0.05) is 37.5 Å². The van der Waals surface area contributed by atoms with Crippen molar-refractivity contribution in [2.24, 2.45) is 0 Å². The first kappa shape index (κ1) is 34.4. The maximum Gasteiger partial charge on any atom is 0.0725 e. The Hall–Kier alpha value is -8.14. The molecule has 3 aliphatic carbocycles. The summed E-state index contributed by atoms with van der Waals surface area (Å²) < 4.78 is 7.54. The van der Waals surface area contributed by atoms with Crippen LogP contribution in [0.2, 0.25) is 0 Å². The number of aromatic nitrogens is 3. The fourth-order valence-electron chi connectivity index (χ4n) is 12.4. The van der Waals surface area contributed by atoms with Gasteiger partial charge in [-0.25, -0.2) is 0 Å². The first-order valence-electron chi connectivity index (χ1n) is 22.6. The fourth-order valence-corrected chi connectivity index (χ4v) is 12.4. The third-order valence-corrected chi connectivity index (χ3v) is 14.8. The number of fused-ring (bicyclic) bond motifs is 19. The van der Waals surface area contributed by atoms with Crippen LogP contribution in [-0.2, 0) is 5.41 Å². The first-order chi connectivity index (χ1) is 31.8. The average Bonchev–Trinajstić information content (AvgIpc) is 4.13. The Bertz CT molecular complexity index is 4050. The van der Waals surface area contributed by atoms with Gasteiger partial charge in [-0.1, -0.05) is 158 Å². The molecule has 298 valence electrons. The normalized spacial score (nSPS) is 14.2. The number of hydrogen-bond donors (Lipinski definition) is 0. The summed E-state index contributed by atoms with van der Waals surface area (Å²) in [6, 6.07) is 75.4. The maximum absolute atomic E-state index is 2.56. The van der Waals surface area contributed by atoms with Crippen LogP contribution in [0, 0.1) is 0 Å². The van der Waals surface area contributed by atoms with Gasteiger partial charge in [0.25, 0.3) is 0 Å². The molecule has 0 aliphatic heterocycles. The van der Waals surface area contributed by atoms with E-state index in [1.165, 1.54) is 110 Å². The average molecular weight is 814 g/mol. The van der Waals surface area contributed by atoms with Gasteiger partial charge in [-0.2, -0.15) is 0 Å². The number of para-hydroxylation sites is 4. The van der Waals surface area contributed by atoms with Crippen LogP contribution in [0.4, 0.5) is 0 Å². The molecular weight excluding hydrogens is 775 g/mol. The highest BCUT2D eigenvalue weighted by Crippen LogP contribution is 2.63. The Labute approximate surface area is 369 Å². The third kappa shape index (κ3) is 4.26. The molecule has 0 saturated carbocycles. The quantitative estimate of drug-likeness (QED) is 0.169. The van der Waals surface area contributed by atoms with Crippen LogP contribution >= 0.6 is 0 Å². The molecule has 9 aromatic carbocycles. The minimum absolute atomic E-state index is 0.414. The summed E-state index contributed by atoms with van der Waals surface area (Å²) in [7, 11) is 0. The number of rotatable bonds is 3. The van der Waals surface area contributed by atoms with E-state index < -0.39 is 5.41 Å². The molecule has 3 heterocycles. The Kier molecular flexibility index (Phi) is 6.72. The lowest BCUT2D eigenvalue weighted by Gasteiger charge is -2.30. The van der Waals surface area contributed by atoms with E-state index in [9.17, 15) is 0 Å². The van der Waals surface area contributed by atoms with Crippen molar-refractivity contribution in [3.8, 4) is 39.3 Å². The van der Waals surface area contributed by atoms with Gasteiger partial charge < -0.3 is 13.7 Å². The van der Waals surface area contributed by atoms with Crippen molar-refractivity contribution >= 4 is 66.7 Å². The zero-order chi connectivity index (χ0) is 41.7. The fraction of sp³-hybridized carbons (Fsp3) is 0.0492. The maximum atomic E-state index is 2.56. The molecule has 3 aliphatic rings. The zero-order valence-electron chi connectivity index (χ0n) is 35.0. The molecule has 64 heavy (non-hydrogen) atoms. The summed E-state index contributed by atoms with van der Waals surface area (Å²) in [5.41, 5.74) is 19.7. The second-order valence-electron chi connectivity index (χ2n) is 17.9. The molecule has 0 unspecified atom stereocenters. The summed E-state index contributed by atoms with van der Waals surface area (Å²) in [6.07, 6.45) is 6.96. The van der Waals surface area contributed by atoms with Gasteiger partial charge in [-0.05, 0) is 112 Å². The molecule has 15 rings (SSSR count). The van der Waals surface area contributed by atoms with Crippen LogP contribution in [0.3, 0.4) is 0 Å². The standard InChI is InChI=1S/C61H39N3/c1-9-25-51-41(17-1)42-18-2-10-26-52(42)61(51)53-27-11-3-19-43(53)49-37-60-50(36-54(49)61)48-24-8-16-32-59(48)64(60)40-34-38(62-55-28-12-4-20-44(55)45-21-5-13-29-56(45)62)33-39(35-40)63-57-30-14-6-22-46(57)47-23-7-15-31-58(47)63/h1-6,8-14,16-37H,7,15H2. The second kappa shape index (κ2) is 12.5. The lowest BCUT2D eigenvalue weighted by molar-refractivity contribution is 0.795. The summed E-state index contributed by atoms with van der Waals surface area (Å²) >= 11 is 0. The Balaban J connectivity index is 1.08. The van der Waals surface area contributed by atoms with Crippen molar-refractivity contribution in [2.45, 2.75) is 18.3 Å². The van der Waals surface area contributed by atoms with Gasteiger partial charge in [0.1, 0.15) is 0 Å². The SMILES string of the molecule is C1=c2c(n(-c3cc(-n4c5ccccc5c5ccccc54)cc(-n4c5ccccc5c5cc6c(cc54)-c4ccccc4C64c5ccccc5-c5ccccc54)c3)c3ccccc23)=CCC1. The highest BCUT2D eigenvalue weighted by molar-refractivity contribution is 6.13. The van der Waals surface area contributed by atoms with Crippen molar-refractivity contribution in [3.05, 3.63) is 233 Å². The van der Waals surface area contributed by atoms with Crippen molar-refractivity contribution in [1.82, 2.24) is 13.7 Å². The summed E-state index contributed by atoms with van der Waals surface area (Å²) in [6.45, 7) is 0. The number of nitrogens with zero attached hydrogens (tertiary/aromatic N) is 3. The smallest absolute Gasteiger partial charge is 0.0725 e. The lowest BCUT2D eigenvalue weighted by atomic mass is 9.70. The molecule has 12 aromatic rings. The van der Waals surface area contributed by atoms with Crippen molar-refractivity contribution in [2.75, 3.05) is 0 Å². The van der Waals surface area contributed by atoms with Gasteiger partial charge in [-0.3, -0.25) is 0 Å². The van der Waals surface area contributed by atoms with Gasteiger partial charge >= 0.3 is 0 Å². The van der Waals surface area contributed by atoms with Crippen molar-refractivity contribution < 1.29 is 0 Å². The van der Waals surface area contributed by atoms with Gasteiger partial charge in [0.05, 0.1) is 50.1 Å². The largest absolute Gasteiger partial charge is 0.309 e. The molecule has 1 spiro atoms. The molecule has 3 aromatic heterocycles. The molecule has 0 atom stereocenters. The van der Waals surface area contributed by atoms with Crippen LogP contribution < -0.4 is 10.6 Å². The van der Waals surface area contributed by atoms with E-state index in [4.69, 9.17) is 0 Å². The Morgan fingerprint density at radius 1 is 0.297 bits per heavy atom. The second-order valence-corrected chi connectivity index (χ2v) is 17.9. The molecule has 0 bridgehead atoms. The topological polar surface area (TPSA) is 14.8 Å². The molecule has 0 N–H and O–H groups in total. The van der Waals surface area contributed by atoms with Gasteiger partial charge in [0.2, 0.25) is 0 Å². The molecule has 0 saturated heterocycles. The minimum Gasteiger partial charge on any atom is -0.309 e. The van der Waals surface area contributed by atoms with Gasteiger partial charge in [0.15, 0.2) is 0 Å². The van der Waals surface area contributed by atoms with E-state index in [1.807, 2.05) is 0 Å². The predicted molar refractivity (Wildman–Crippen MR) is 266 cm³/mol. The summed E-state index contributed by atoms with van der Waals surface area (Å²) in [5.74, 6) is 0. The lowest BCUT2D eigenvalue weighted by Crippen LogP contribution is -2.30. The molecular formula is C61H39N3. The van der Waals surface area contributed by atoms with Crippen LogP contribution in [0.1, 0.15) is 35.1 Å². The van der Waals surface area contributed by atoms with E-state index in [2.05, 4.69) is 226 Å². The van der Waals surface area contributed by atoms with E-state index >= 15 is 0 Å². The highest BCUT2D eigenvalue weighted by Gasteiger charge is 2.51. The zero-order valence-corrected chi connectivity index (χ0v) is 35.0.